The van der Waals surface area contributed by atoms with Crippen molar-refractivity contribution in [3.63, 3.8) is 0 Å². The molecule has 0 unspecified atom stereocenters. The van der Waals surface area contributed by atoms with Crippen LogP contribution in [-0.4, -0.2) is 64.5 Å². The van der Waals surface area contributed by atoms with Crippen molar-refractivity contribution in [2.24, 2.45) is 0 Å². The molecule has 3 aromatic rings. The number of hydrogen-bond acceptors (Lipinski definition) is 6. The van der Waals surface area contributed by atoms with E-state index in [1.54, 1.807) is 24.4 Å². The van der Waals surface area contributed by atoms with Crippen LogP contribution in [-0.2, 0) is 6.42 Å². The van der Waals surface area contributed by atoms with Crippen LogP contribution in [0.15, 0.2) is 36.5 Å². The second-order valence-corrected chi connectivity index (χ2v) is 9.82. The van der Waals surface area contributed by atoms with Gasteiger partial charge < -0.3 is 20.6 Å². The first kappa shape index (κ1) is 26.0. The van der Waals surface area contributed by atoms with Gasteiger partial charge >= 0.3 is 0 Å². The summed E-state index contributed by atoms with van der Waals surface area (Å²) in [5.74, 6) is -1.77. The Kier molecular flexibility index (Phi) is 8.01. The van der Waals surface area contributed by atoms with E-state index in [9.17, 15) is 19.1 Å². The van der Waals surface area contributed by atoms with Gasteiger partial charge in [0.05, 0.1) is 0 Å². The van der Waals surface area contributed by atoms with Crippen molar-refractivity contribution < 1.29 is 19.1 Å². The molecule has 8 nitrogen and oxygen atoms in total. The summed E-state index contributed by atoms with van der Waals surface area (Å²) in [6, 6.07) is 7.82. The van der Waals surface area contributed by atoms with Crippen LogP contribution in [0.1, 0.15) is 59.3 Å². The summed E-state index contributed by atoms with van der Waals surface area (Å²) in [5.41, 5.74) is 0.923. The van der Waals surface area contributed by atoms with Gasteiger partial charge in [0, 0.05) is 23.7 Å². The van der Waals surface area contributed by atoms with Crippen LogP contribution >= 0.6 is 0 Å². The van der Waals surface area contributed by atoms with Gasteiger partial charge in [-0.25, -0.2) is 9.37 Å². The molecule has 0 saturated carbocycles. The predicted molar refractivity (Wildman–Crippen MR) is 133 cm³/mol. The second-order valence-electron chi connectivity index (χ2n) is 9.82. The minimum Gasteiger partial charge on any atom is -0.504 e. The number of carbonyl (C=O) groups excluding carboxylic acids is 2. The molecule has 35 heavy (non-hydrogen) atoms. The third-order valence-corrected chi connectivity index (χ3v) is 5.18. The van der Waals surface area contributed by atoms with Gasteiger partial charge in [0.15, 0.2) is 11.4 Å². The van der Waals surface area contributed by atoms with Gasteiger partial charge in [0.2, 0.25) is 0 Å². The lowest BCUT2D eigenvalue weighted by atomic mass is 10.0. The Bertz CT molecular complexity index is 1220. The molecule has 0 fully saturated rings. The SMILES string of the molecule is CN(C)CCCNC(=O)c1nc(C(=O)NC(C)(C)C)c2cc(Cc3ccc(F)cc3)cnc2c1O. The van der Waals surface area contributed by atoms with E-state index >= 15 is 0 Å². The van der Waals surface area contributed by atoms with Crippen LogP contribution in [0.25, 0.3) is 10.9 Å². The molecule has 0 spiro atoms. The number of pyridine rings is 2. The van der Waals surface area contributed by atoms with Crippen molar-refractivity contribution in [1.82, 2.24) is 25.5 Å². The summed E-state index contributed by atoms with van der Waals surface area (Å²) in [6.07, 6.45) is 2.73. The maximum Gasteiger partial charge on any atom is 0.273 e. The molecule has 2 aromatic heterocycles. The zero-order valence-corrected chi connectivity index (χ0v) is 20.8. The van der Waals surface area contributed by atoms with Gasteiger partial charge in [-0.15, -0.1) is 0 Å². The first-order chi connectivity index (χ1) is 16.4. The topological polar surface area (TPSA) is 107 Å². The number of aromatic nitrogens is 2. The monoisotopic (exact) mass is 481 g/mol. The van der Waals surface area contributed by atoms with Gasteiger partial charge in [0.1, 0.15) is 17.0 Å². The maximum atomic E-state index is 13.3. The van der Waals surface area contributed by atoms with Crippen molar-refractivity contribution in [3.8, 4) is 5.75 Å². The molecule has 1 aromatic carbocycles. The molecule has 0 saturated heterocycles. The van der Waals surface area contributed by atoms with Crippen LogP contribution in [0.4, 0.5) is 4.39 Å². The van der Waals surface area contributed by atoms with E-state index in [-0.39, 0.29) is 28.5 Å². The molecule has 3 N–H and O–H groups in total. The Morgan fingerprint density at radius 3 is 2.37 bits per heavy atom. The molecule has 0 aliphatic carbocycles. The predicted octanol–water partition coefficient (Wildman–Crippen LogP) is 3.28. The molecule has 0 aliphatic rings. The van der Waals surface area contributed by atoms with Crippen molar-refractivity contribution in [2.75, 3.05) is 27.2 Å². The van der Waals surface area contributed by atoms with Gasteiger partial charge in [-0.3, -0.25) is 14.6 Å². The van der Waals surface area contributed by atoms with E-state index in [1.165, 1.54) is 12.1 Å². The summed E-state index contributed by atoms with van der Waals surface area (Å²) in [7, 11) is 3.88. The third kappa shape index (κ3) is 6.95. The quantitative estimate of drug-likeness (QED) is 0.426. The first-order valence-electron chi connectivity index (χ1n) is 11.5. The summed E-state index contributed by atoms with van der Waals surface area (Å²) in [5, 5.41) is 16.8. The van der Waals surface area contributed by atoms with Crippen LogP contribution in [0.2, 0.25) is 0 Å². The molecule has 2 heterocycles. The normalized spacial score (nSPS) is 11.6. The largest absolute Gasteiger partial charge is 0.504 e. The van der Waals surface area contributed by atoms with E-state index < -0.39 is 17.4 Å². The molecule has 9 heteroatoms. The maximum absolute atomic E-state index is 13.3. The number of carbonyl (C=O) groups is 2. The first-order valence-corrected chi connectivity index (χ1v) is 11.5. The highest BCUT2D eigenvalue weighted by molar-refractivity contribution is 6.09. The number of amides is 2. The standard InChI is InChI=1S/C26H32FN5O3/c1-26(2,3)31-25(35)21-19-14-17(13-16-7-9-18(27)10-8-16)15-29-20(19)23(33)22(30-21)24(34)28-11-6-12-32(4)5/h7-10,14-15,33H,6,11-13H2,1-5H3,(H,28,34)(H,31,35). The Labute approximate surface area is 204 Å². The zero-order valence-electron chi connectivity index (χ0n) is 20.8. The van der Waals surface area contributed by atoms with Crippen molar-refractivity contribution in [3.05, 3.63) is 64.9 Å². The number of hydrogen-bond donors (Lipinski definition) is 3. The number of nitrogens with zero attached hydrogens (tertiary/aromatic N) is 3. The summed E-state index contributed by atoms with van der Waals surface area (Å²) < 4.78 is 13.3. The Morgan fingerprint density at radius 1 is 1.06 bits per heavy atom. The van der Waals surface area contributed by atoms with Crippen molar-refractivity contribution in [1.29, 1.82) is 0 Å². The Hall–Kier alpha value is -3.59. The number of rotatable bonds is 8. The molecule has 0 bridgehead atoms. The fourth-order valence-corrected chi connectivity index (χ4v) is 3.56. The van der Waals surface area contributed by atoms with Crippen molar-refractivity contribution in [2.45, 2.75) is 39.2 Å². The van der Waals surface area contributed by atoms with Gasteiger partial charge in [0.25, 0.3) is 11.8 Å². The molecule has 186 valence electrons. The average molecular weight is 482 g/mol. The highest BCUT2D eigenvalue weighted by atomic mass is 19.1. The minimum atomic E-state index is -0.579. The smallest absolute Gasteiger partial charge is 0.273 e. The lowest BCUT2D eigenvalue weighted by Gasteiger charge is -2.21. The van der Waals surface area contributed by atoms with E-state index in [0.717, 1.165) is 24.1 Å². The fourth-order valence-electron chi connectivity index (χ4n) is 3.56. The Balaban J connectivity index is 2.01. The number of fused-ring (bicyclic) bond motifs is 1. The van der Waals surface area contributed by atoms with Gasteiger partial charge in [-0.05, 0) is 83.6 Å². The fraction of sp³-hybridized carbons (Fsp3) is 0.385. The molecule has 2 amide bonds. The highest BCUT2D eigenvalue weighted by Gasteiger charge is 2.25. The van der Waals surface area contributed by atoms with Crippen molar-refractivity contribution >= 4 is 22.7 Å². The van der Waals surface area contributed by atoms with Crippen LogP contribution in [0, 0.1) is 5.82 Å². The zero-order chi connectivity index (χ0) is 25.8. The molecule has 0 radical (unpaired) electrons. The summed E-state index contributed by atoms with van der Waals surface area (Å²) in [6.45, 7) is 6.69. The van der Waals surface area contributed by atoms with Crippen LogP contribution in [0.3, 0.4) is 0 Å². The van der Waals surface area contributed by atoms with Crippen LogP contribution in [0.5, 0.6) is 5.75 Å². The van der Waals surface area contributed by atoms with E-state index in [1.807, 2.05) is 39.8 Å². The van der Waals surface area contributed by atoms with E-state index in [0.29, 0.717) is 18.4 Å². The minimum absolute atomic E-state index is 0.000349. The summed E-state index contributed by atoms with van der Waals surface area (Å²) >= 11 is 0. The average Bonchev–Trinajstić information content (AvgIpc) is 2.77. The number of nitrogens with one attached hydrogen (secondary N) is 2. The van der Waals surface area contributed by atoms with E-state index in [2.05, 4.69) is 20.6 Å². The van der Waals surface area contributed by atoms with Gasteiger partial charge in [-0.1, -0.05) is 12.1 Å². The number of halogens is 1. The third-order valence-electron chi connectivity index (χ3n) is 5.18. The summed E-state index contributed by atoms with van der Waals surface area (Å²) in [4.78, 5) is 36.6. The molecular weight excluding hydrogens is 449 g/mol. The van der Waals surface area contributed by atoms with Gasteiger partial charge in [-0.2, -0.15) is 0 Å². The molecule has 0 atom stereocenters. The second kappa shape index (κ2) is 10.8. The molecular formula is C26H32FN5O3. The Morgan fingerprint density at radius 2 is 1.74 bits per heavy atom. The number of aromatic hydroxyl groups is 1. The lowest BCUT2D eigenvalue weighted by Crippen LogP contribution is -2.41. The van der Waals surface area contributed by atoms with E-state index in [4.69, 9.17) is 0 Å². The highest BCUT2D eigenvalue weighted by Crippen LogP contribution is 2.29. The lowest BCUT2D eigenvalue weighted by molar-refractivity contribution is 0.0916. The number of benzene rings is 1. The molecule has 3 rings (SSSR count). The van der Waals surface area contributed by atoms with Crippen LogP contribution < -0.4 is 10.6 Å². The molecule has 0 aliphatic heterocycles.